The normalized spacial score (nSPS) is 24.0. The van der Waals surface area contributed by atoms with E-state index in [1.165, 1.54) is 27.7 Å². The lowest BCUT2D eigenvalue weighted by molar-refractivity contribution is -0.143. The minimum Gasteiger partial charge on any atom is -0.481 e. The van der Waals surface area contributed by atoms with Crippen molar-refractivity contribution < 1.29 is 116 Å². The summed E-state index contributed by atoms with van der Waals surface area (Å²) in [6.07, 6.45) is -6.61. The zero-order chi connectivity index (χ0) is 80.6. The largest absolute Gasteiger partial charge is 0.481 e. The first kappa shape index (κ1) is 92.8. The molecular formula is C61H97N17O24S4. The number of rotatable bonds is 27. The van der Waals surface area contributed by atoms with E-state index in [1.54, 1.807) is 27.7 Å². The average Bonchev–Trinajstić information content (AvgIpc) is 0.883. The summed E-state index contributed by atoms with van der Waals surface area (Å²) in [5, 5.41) is 72.3. The van der Waals surface area contributed by atoms with E-state index in [0.717, 1.165) is 28.5 Å². The number of amides is 16. The van der Waals surface area contributed by atoms with Crippen LogP contribution < -0.4 is 91.6 Å². The van der Waals surface area contributed by atoms with Crippen LogP contribution in [0.1, 0.15) is 120 Å². The Morgan fingerprint density at radius 3 is 1.53 bits per heavy atom. The molecule has 16 amide bonds. The van der Waals surface area contributed by atoms with Gasteiger partial charge in [0.15, 0.2) is 0 Å². The Kier molecular flexibility index (Phi) is 40.3. The second kappa shape index (κ2) is 46.0. The molecule has 24 N–H and O–H groups in total. The van der Waals surface area contributed by atoms with Crippen molar-refractivity contribution in [2.24, 2.45) is 40.9 Å². The van der Waals surface area contributed by atoms with Gasteiger partial charge in [0.1, 0.15) is 78.5 Å². The number of fused-ring (bicyclic) bond motifs is 11. The minimum absolute atomic E-state index is 0.0897. The van der Waals surface area contributed by atoms with E-state index in [2.05, 4.69) is 69.1 Å². The molecule has 2 saturated heterocycles. The standard InChI is InChI=1S/C61H97N17O24S4/c1-24(2)14-32-53(93)76-39-23-106-104-21-37(56(96)73-35(61(101)102)15-25(3)4)67-42(81)19-65-50(90)36(74-48(88)28(9)66-59(99)46(26(5)6)77-55(95)33(17-41(64)80)72-60(100)47(27(7)8)78-58(39)98)20-103-105-22-38(57(97)69-30(51(91)71-32)10-12-43(82)83)75-52(92)31(11-13-44(84)85)68-54(94)34(18-45(86)87)70-49(89)29(62)16-40(63)79/h24-39,46-47H,10-23,62H2,1-9H3,(H2,63,79)(H2,64,80)(H,65,90)(H,66,99)(H,67,81)(H,68,94)(H,69,97)(H,70,89)(H,71,91)(H,72,100)(H,73,96)(H,74,88)(H,75,92)(H,76,93)(H,77,95)(H,78,98)(H,82,83)(H,84,85)(H,86,87)(H,101,102)/t28-,29-,30-,31-,32-,33-,34-,35+,36-,37?,38-,39-,46-,47-/m0/s1. The third-order valence-electron chi connectivity index (χ3n) is 15.4. The van der Waals surface area contributed by atoms with Gasteiger partial charge in [0.2, 0.25) is 94.5 Å². The molecule has 0 aromatic heterocycles. The monoisotopic (exact) mass is 1580 g/mol. The Morgan fingerprint density at radius 2 is 0.991 bits per heavy atom. The van der Waals surface area contributed by atoms with Crippen LogP contribution in [0.4, 0.5) is 0 Å². The number of nitrogens with two attached hydrogens (primary N) is 3. The third kappa shape index (κ3) is 34.3. The molecule has 594 valence electrons. The van der Waals surface area contributed by atoms with Crippen molar-refractivity contribution in [2.75, 3.05) is 29.6 Å². The van der Waals surface area contributed by atoms with E-state index in [0.29, 0.717) is 21.6 Å². The molecule has 45 heteroatoms. The molecule has 1 unspecified atom stereocenters. The molecule has 41 nitrogen and oxygen atoms in total. The third-order valence-corrected chi connectivity index (χ3v) is 20.2. The first-order valence-corrected chi connectivity index (χ1v) is 38.3. The topological polar surface area (TPSA) is 669 Å². The number of nitrogens with one attached hydrogen (secondary N) is 14. The maximum absolute atomic E-state index is 14.8. The summed E-state index contributed by atoms with van der Waals surface area (Å²) in [5.41, 5.74) is 16.4. The zero-order valence-corrected chi connectivity index (χ0v) is 62.9. The summed E-state index contributed by atoms with van der Waals surface area (Å²) in [4.78, 5) is 272. The molecule has 0 spiro atoms. The Morgan fingerprint density at radius 1 is 0.481 bits per heavy atom. The van der Waals surface area contributed by atoms with Gasteiger partial charge in [-0.1, -0.05) is 98.6 Å². The van der Waals surface area contributed by atoms with Gasteiger partial charge in [-0.3, -0.25) is 91.1 Å². The second-order valence-corrected chi connectivity index (χ2v) is 31.3. The molecule has 2 heterocycles. The van der Waals surface area contributed by atoms with Crippen molar-refractivity contribution in [2.45, 2.75) is 205 Å². The van der Waals surface area contributed by atoms with Gasteiger partial charge < -0.3 is 112 Å². The quantitative estimate of drug-likeness (QED) is 0.0340. The lowest BCUT2D eigenvalue weighted by atomic mass is 10.00. The molecule has 2 bridgehead atoms. The summed E-state index contributed by atoms with van der Waals surface area (Å²) in [5.74, 6) is -30.0. The molecule has 0 radical (unpaired) electrons. The number of carbonyl (C=O) groups excluding carboxylic acids is 16. The Hall–Kier alpha value is -9.24. The molecule has 0 aromatic rings. The van der Waals surface area contributed by atoms with Crippen LogP contribution in [-0.4, -0.2) is 253 Å². The fourth-order valence-corrected chi connectivity index (χ4v) is 14.4. The number of hydrogen-bond donors (Lipinski definition) is 21. The fraction of sp³-hybridized carbons (Fsp3) is 0.672. The van der Waals surface area contributed by atoms with E-state index in [-0.39, 0.29) is 18.8 Å². The molecule has 106 heavy (non-hydrogen) atoms. The van der Waals surface area contributed by atoms with Gasteiger partial charge >= 0.3 is 23.9 Å². The molecule has 14 atom stereocenters. The number of primary amides is 2. The molecule has 2 rings (SSSR count). The summed E-state index contributed by atoms with van der Waals surface area (Å²) >= 11 is 0. The molecule has 0 aliphatic carbocycles. The van der Waals surface area contributed by atoms with E-state index in [9.17, 15) is 116 Å². The first-order valence-electron chi connectivity index (χ1n) is 33.3. The molecular weight excluding hydrogens is 1480 g/mol. The predicted octanol–water partition coefficient (Wildman–Crippen LogP) is -7.01. The van der Waals surface area contributed by atoms with Gasteiger partial charge in [-0.05, 0) is 56.3 Å². The van der Waals surface area contributed by atoms with Crippen LogP contribution in [0.2, 0.25) is 0 Å². The van der Waals surface area contributed by atoms with Gasteiger partial charge in [-0.2, -0.15) is 0 Å². The van der Waals surface area contributed by atoms with Crippen LogP contribution in [0.5, 0.6) is 0 Å². The van der Waals surface area contributed by atoms with Crippen LogP contribution in [0.15, 0.2) is 0 Å². The highest BCUT2D eigenvalue weighted by Gasteiger charge is 2.40. The lowest BCUT2D eigenvalue weighted by Crippen LogP contribution is -2.62. The van der Waals surface area contributed by atoms with Gasteiger partial charge in [0, 0.05) is 35.9 Å². The highest BCUT2D eigenvalue weighted by Crippen LogP contribution is 2.26. The SMILES string of the molecule is CC(C)C[C@@H]1NC(=O)[C@H](CCC(=O)O)NC(=O)[C@@H](NC(=O)[C@H](CCC(=O)O)NC(=O)[C@H](CC(=O)O)NC(=O)[C@@H](N)CC(N)=O)CSSC[C@@H]2NC(=O)[C@H](C)NC(=O)[C@H](C(C)C)NC(=O)[C@H](CC(N)=O)NC(=O)[C@H](C(C)C)NC(=O)[C@H](CSSCC(C(=O)N[C@H](CC(C)C)C(=O)O)NC(=O)CNC2=O)NC1=O. The Bertz CT molecular complexity index is 3240. The van der Waals surface area contributed by atoms with Gasteiger partial charge in [-0.15, -0.1) is 0 Å². The minimum atomic E-state index is -2.09. The predicted molar refractivity (Wildman–Crippen MR) is 381 cm³/mol. The molecule has 2 fully saturated rings. The molecule has 0 aromatic carbocycles. The molecule has 2 aliphatic rings. The van der Waals surface area contributed by atoms with Crippen molar-refractivity contribution in [3.63, 3.8) is 0 Å². The van der Waals surface area contributed by atoms with Crippen molar-refractivity contribution in [3.05, 3.63) is 0 Å². The van der Waals surface area contributed by atoms with Crippen LogP contribution in [0.25, 0.3) is 0 Å². The average molecular weight is 1580 g/mol. The van der Waals surface area contributed by atoms with E-state index < -0.39 is 295 Å². The van der Waals surface area contributed by atoms with Gasteiger partial charge in [-0.25, -0.2) is 4.79 Å². The molecule has 2 aliphatic heterocycles. The van der Waals surface area contributed by atoms with Gasteiger partial charge in [0.05, 0.1) is 31.8 Å². The maximum Gasteiger partial charge on any atom is 0.326 e. The van der Waals surface area contributed by atoms with E-state index in [4.69, 9.17) is 17.2 Å². The van der Waals surface area contributed by atoms with Crippen molar-refractivity contribution in [3.8, 4) is 0 Å². The summed E-state index contributed by atoms with van der Waals surface area (Å²) in [6, 6.07) is -24.9. The van der Waals surface area contributed by atoms with E-state index in [1.807, 2.05) is 5.32 Å². The van der Waals surface area contributed by atoms with Crippen LogP contribution in [-0.2, 0) is 95.9 Å². The second-order valence-electron chi connectivity index (χ2n) is 26.2. The van der Waals surface area contributed by atoms with E-state index >= 15 is 0 Å². The highest BCUT2D eigenvalue weighted by atomic mass is 33.1. The lowest BCUT2D eigenvalue weighted by Gasteiger charge is -2.29. The number of hydrogen-bond acceptors (Lipinski definition) is 25. The smallest absolute Gasteiger partial charge is 0.326 e. The Labute approximate surface area is 624 Å². The first-order chi connectivity index (χ1) is 49.4. The maximum atomic E-state index is 14.8. The van der Waals surface area contributed by atoms with Crippen molar-refractivity contribution in [1.82, 2.24) is 74.4 Å². The fourth-order valence-electron chi connectivity index (χ4n) is 9.72. The van der Waals surface area contributed by atoms with Crippen LogP contribution in [0, 0.1) is 23.7 Å². The molecule has 0 saturated carbocycles. The van der Waals surface area contributed by atoms with Crippen molar-refractivity contribution >= 4 is 162 Å². The van der Waals surface area contributed by atoms with Gasteiger partial charge in [0.25, 0.3) is 0 Å². The summed E-state index contributed by atoms with van der Waals surface area (Å²) in [7, 11) is 2.81. The van der Waals surface area contributed by atoms with Crippen LogP contribution >= 0.6 is 43.2 Å². The highest BCUT2D eigenvalue weighted by molar-refractivity contribution is 8.77. The van der Waals surface area contributed by atoms with Crippen molar-refractivity contribution in [1.29, 1.82) is 0 Å². The number of carboxylic acids is 4. The Balaban J connectivity index is 3.19. The number of aliphatic carboxylic acids is 4. The summed E-state index contributed by atoms with van der Waals surface area (Å²) < 4.78 is 0. The van der Waals surface area contributed by atoms with Crippen LogP contribution in [0.3, 0.4) is 0 Å². The number of carboxylic acid groups (broad SMARTS) is 4. The summed E-state index contributed by atoms with van der Waals surface area (Å²) in [6.45, 7) is 12.6. The number of carbonyl (C=O) groups is 20. The zero-order valence-electron chi connectivity index (χ0n) is 59.6.